The monoisotopic (exact) mass is 192 g/mol. The molecule has 0 aliphatic carbocycles. The summed E-state index contributed by atoms with van der Waals surface area (Å²) in [5, 5.41) is 0. The van der Waals surface area contributed by atoms with Crippen molar-refractivity contribution in [1.29, 1.82) is 0 Å². The summed E-state index contributed by atoms with van der Waals surface area (Å²) in [6.45, 7) is 0. The molecule has 0 N–H and O–H groups in total. The van der Waals surface area contributed by atoms with Crippen molar-refractivity contribution in [3.8, 4) is 0 Å². The first-order valence-corrected chi connectivity index (χ1v) is 5.96. The van der Waals surface area contributed by atoms with Gasteiger partial charge in [0.1, 0.15) is 20.2 Å². The molecule has 0 saturated heterocycles. The maximum atomic E-state index is 9.85. The van der Waals surface area contributed by atoms with Crippen molar-refractivity contribution in [2.24, 2.45) is 0 Å². The fourth-order valence-electron chi connectivity index (χ4n) is 0.321. The van der Waals surface area contributed by atoms with Gasteiger partial charge < -0.3 is 12.5 Å². The van der Waals surface area contributed by atoms with Crippen LogP contribution in [0.2, 0.25) is 6.04 Å². The molecule has 0 unspecified atom stereocenters. The molecule has 0 aromatic rings. The standard InChI is InChI=1S/C2H9O3SSi2.Na/c3-6(4)1-2-8-5-7;/h1-2,8H2,7H3;/q-1;+1. The Morgan fingerprint density at radius 1 is 1.56 bits per heavy atom. The largest absolute Gasteiger partial charge is 1.00 e. The minimum absolute atomic E-state index is 0. The second-order valence-electron chi connectivity index (χ2n) is 1.35. The van der Waals surface area contributed by atoms with Gasteiger partial charge in [0.25, 0.3) is 0 Å². The maximum Gasteiger partial charge on any atom is 1.00 e. The fraction of sp³-hybridized carbons (Fsp3) is 1.00. The van der Waals surface area contributed by atoms with Gasteiger partial charge in [0.15, 0.2) is 0 Å². The van der Waals surface area contributed by atoms with Gasteiger partial charge in [0.2, 0.25) is 0 Å². The molecule has 0 heterocycles. The average Bonchev–Trinajstić information content (AvgIpc) is 1.66. The SMILES string of the molecule is O=[S-](=O)CC[SiH2]O[SiH3].[Na+]. The second-order valence-corrected chi connectivity index (χ2v) is 5.79. The Morgan fingerprint density at radius 2 is 2.11 bits per heavy atom. The van der Waals surface area contributed by atoms with Crippen LogP contribution in [-0.4, -0.2) is 26.0 Å². The zero-order valence-corrected chi connectivity index (χ0v) is 12.0. The van der Waals surface area contributed by atoms with E-state index in [-0.39, 0.29) is 35.3 Å². The fourth-order valence-corrected chi connectivity index (χ4v) is 2.89. The molecule has 0 radical (unpaired) electrons. The third kappa shape index (κ3) is 12.5. The van der Waals surface area contributed by atoms with Crippen molar-refractivity contribution >= 4 is 31.0 Å². The van der Waals surface area contributed by atoms with Gasteiger partial charge in [-0.3, -0.25) is 0 Å². The van der Waals surface area contributed by atoms with Crippen LogP contribution >= 0.6 is 0 Å². The molecule has 0 aliphatic rings. The number of rotatable bonds is 4. The summed E-state index contributed by atoms with van der Waals surface area (Å²) in [6, 6.07) is 0.764. The van der Waals surface area contributed by atoms with Gasteiger partial charge in [0.05, 0.1) is 0 Å². The van der Waals surface area contributed by atoms with Crippen molar-refractivity contribution in [3.63, 3.8) is 0 Å². The Balaban J connectivity index is 0. The minimum Gasteiger partial charge on any atom is -0.468 e. The van der Waals surface area contributed by atoms with Crippen LogP contribution in [0.15, 0.2) is 0 Å². The molecule has 0 spiro atoms. The summed E-state index contributed by atoms with van der Waals surface area (Å²) in [6.07, 6.45) is 0. The topological polar surface area (TPSA) is 43.4 Å². The van der Waals surface area contributed by atoms with Gasteiger partial charge in [0, 0.05) is 0 Å². The summed E-state index contributed by atoms with van der Waals surface area (Å²) in [5.41, 5.74) is 0. The molecule has 0 amide bonds. The molecular formula is C2H9NaO3SSi2. The molecule has 7 heteroatoms. The van der Waals surface area contributed by atoms with Crippen molar-refractivity contribution in [2.75, 3.05) is 5.75 Å². The zero-order chi connectivity index (χ0) is 6.41. The van der Waals surface area contributed by atoms with Crippen molar-refractivity contribution in [2.45, 2.75) is 6.04 Å². The van der Waals surface area contributed by atoms with Crippen LogP contribution in [0.25, 0.3) is 0 Å². The molecule has 0 aromatic heterocycles. The van der Waals surface area contributed by atoms with E-state index in [1.54, 1.807) is 0 Å². The Kier molecular flexibility index (Phi) is 13.5. The van der Waals surface area contributed by atoms with Crippen LogP contribution in [0.3, 0.4) is 0 Å². The predicted octanol–water partition coefficient (Wildman–Crippen LogP) is -4.90. The Bertz CT molecular complexity index is 108. The average molecular weight is 192 g/mol. The summed E-state index contributed by atoms with van der Waals surface area (Å²) in [4.78, 5) is 0. The molecule has 0 saturated carbocycles. The predicted molar refractivity (Wildman–Crippen MR) is 38.0 cm³/mol. The summed E-state index contributed by atoms with van der Waals surface area (Å²) >= 11 is 0. The van der Waals surface area contributed by atoms with E-state index in [1.165, 1.54) is 0 Å². The van der Waals surface area contributed by atoms with E-state index in [2.05, 4.69) is 0 Å². The molecular weight excluding hydrogens is 183 g/mol. The van der Waals surface area contributed by atoms with Crippen molar-refractivity contribution < 1.29 is 42.1 Å². The first-order chi connectivity index (χ1) is 3.77. The van der Waals surface area contributed by atoms with E-state index in [4.69, 9.17) is 4.12 Å². The molecule has 0 bridgehead atoms. The van der Waals surface area contributed by atoms with Crippen LogP contribution in [0.5, 0.6) is 0 Å². The molecule has 3 nitrogen and oxygen atoms in total. The van der Waals surface area contributed by atoms with Gasteiger partial charge in [-0.1, -0.05) is 22.5 Å². The summed E-state index contributed by atoms with van der Waals surface area (Å²) in [7, 11) is -1.54. The van der Waals surface area contributed by atoms with Crippen molar-refractivity contribution in [1.82, 2.24) is 0 Å². The van der Waals surface area contributed by atoms with E-state index in [0.717, 1.165) is 16.5 Å². The summed E-state index contributed by atoms with van der Waals surface area (Å²) < 4.78 is 24.6. The van der Waals surface area contributed by atoms with Crippen LogP contribution in [-0.2, 0) is 23.2 Å². The van der Waals surface area contributed by atoms with Gasteiger partial charge in [-0.05, 0) is 0 Å². The van der Waals surface area contributed by atoms with Crippen LogP contribution < -0.4 is 29.6 Å². The van der Waals surface area contributed by atoms with Gasteiger partial charge in [-0.25, -0.2) is 0 Å². The Hall–Kier alpha value is 1.34. The Labute approximate surface area is 84.3 Å². The molecule has 9 heavy (non-hydrogen) atoms. The van der Waals surface area contributed by atoms with E-state index < -0.39 is 20.5 Å². The van der Waals surface area contributed by atoms with Crippen molar-refractivity contribution in [3.05, 3.63) is 0 Å². The van der Waals surface area contributed by atoms with Gasteiger partial charge in [-0.15, -0.1) is 0 Å². The second kappa shape index (κ2) is 9.34. The quantitative estimate of drug-likeness (QED) is 0.255. The first kappa shape index (κ1) is 13.0. The normalized spacial score (nSPS) is 10.8. The maximum absolute atomic E-state index is 9.85. The molecule has 0 aliphatic heterocycles. The smallest absolute Gasteiger partial charge is 0.468 e. The first-order valence-electron chi connectivity index (χ1n) is 2.32. The van der Waals surface area contributed by atoms with Crippen LogP contribution in [0, 0.1) is 0 Å². The summed E-state index contributed by atoms with van der Waals surface area (Å²) in [5.74, 6) is 0.286. The Morgan fingerprint density at radius 3 is 2.44 bits per heavy atom. The van der Waals surface area contributed by atoms with E-state index >= 15 is 0 Å². The van der Waals surface area contributed by atoms with E-state index in [9.17, 15) is 8.42 Å². The molecule has 0 atom stereocenters. The third-order valence-corrected chi connectivity index (χ3v) is 4.07. The number of hydrogen-bond acceptors (Lipinski definition) is 4. The minimum atomic E-state index is -1.85. The number of hydrogen-bond donors (Lipinski definition) is 0. The molecule has 50 valence electrons. The zero-order valence-electron chi connectivity index (χ0n) is 5.75. The van der Waals surface area contributed by atoms with Gasteiger partial charge >= 0.3 is 29.6 Å². The molecule has 0 fully saturated rings. The van der Waals surface area contributed by atoms with E-state index in [0.29, 0.717) is 0 Å². The third-order valence-electron chi connectivity index (χ3n) is 0.659. The van der Waals surface area contributed by atoms with Crippen LogP contribution in [0.1, 0.15) is 0 Å². The van der Waals surface area contributed by atoms with E-state index in [1.807, 2.05) is 0 Å². The molecule has 0 rings (SSSR count). The molecule has 0 aromatic carbocycles. The van der Waals surface area contributed by atoms with Crippen LogP contribution in [0.4, 0.5) is 0 Å². The van der Waals surface area contributed by atoms with Gasteiger partial charge in [-0.2, -0.15) is 0 Å².